The van der Waals surface area contributed by atoms with Gasteiger partial charge < -0.3 is 10.0 Å². The minimum Gasteiger partial charge on any atom is -0.481 e. The van der Waals surface area contributed by atoms with Crippen molar-refractivity contribution in [3.8, 4) is 0 Å². The highest BCUT2D eigenvalue weighted by atomic mass is 16.4. The first-order valence-electron chi connectivity index (χ1n) is 6.10. The minimum atomic E-state index is -0.871. The zero-order valence-corrected chi connectivity index (χ0v) is 11.8. The van der Waals surface area contributed by atoms with Crippen molar-refractivity contribution in [3.63, 3.8) is 0 Å². The highest BCUT2D eigenvalue weighted by Crippen LogP contribution is 2.21. The fourth-order valence-corrected chi connectivity index (χ4v) is 1.51. The molecule has 0 aliphatic carbocycles. The average molecular weight is 243 g/mol. The summed E-state index contributed by atoms with van der Waals surface area (Å²) < 4.78 is 0. The standard InChI is InChI=1S/C13H25NO3/c1-9(2)10(3)12(17)14(13(4,5)6)8-7-11(15)16/h9-10H,7-8H2,1-6H3,(H,15,16). The van der Waals surface area contributed by atoms with E-state index in [0.29, 0.717) is 0 Å². The Balaban J connectivity index is 4.81. The summed E-state index contributed by atoms with van der Waals surface area (Å²) >= 11 is 0. The predicted molar refractivity (Wildman–Crippen MR) is 67.7 cm³/mol. The van der Waals surface area contributed by atoms with Gasteiger partial charge in [0.2, 0.25) is 5.91 Å². The van der Waals surface area contributed by atoms with E-state index in [4.69, 9.17) is 5.11 Å². The third-order valence-corrected chi connectivity index (χ3v) is 3.01. The summed E-state index contributed by atoms with van der Waals surface area (Å²) in [5, 5.41) is 8.72. The summed E-state index contributed by atoms with van der Waals surface area (Å²) in [6, 6.07) is 0. The monoisotopic (exact) mass is 243 g/mol. The number of rotatable bonds is 5. The summed E-state index contributed by atoms with van der Waals surface area (Å²) in [4.78, 5) is 24.6. The number of aliphatic carboxylic acids is 1. The number of nitrogens with zero attached hydrogens (tertiary/aromatic N) is 1. The molecule has 4 nitrogen and oxygen atoms in total. The Morgan fingerprint density at radius 2 is 1.65 bits per heavy atom. The van der Waals surface area contributed by atoms with Crippen LogP contribution in [0.15, 0.2) is 0 Å². The summed E-state index contributed by atoms with van der Waals surface area (Å²) in [6.45, 7) is 12.0. The molecular formula is C13H25NO3. The second-order valence-electron chi connectivity index (χ2n) is 5.84. The normalized spacial score (nSPS) is 13.6. The van der Waals surface area contributed by atoms with Gasteiger partial charge in [-0.25, -0.2) is 0 Å². The van der Waals surface area contributed by atoms with Crippen molar-refractivity contribution >= 4 is 11.9 Å². The van der Waals surface area contributed by atoms with Gasteiger partial charge in [0.15, 0.2) is 0 Å². The molecule has 17 heavy (non-hydrogen) atoms. The molecule has 4 heteroatoms. The topological polar surface area (TPSA) is 57.6 Å². The first-order chi connectivity index (χ1) is 7.57. The zero-order chi connectivity index (χ0) is 13.8. The lowest BCUT2D eigenvalue weighted by molar-refractivity contribution is -0.143. The molecule has 0 aliphatic rings. The van der Waals surface area contributed by atoms with E-state index < -0.39 is 5.97 Å². The van der Waals surface area contributed by atoms with Crippen LogP contribution in [0.3, 0.4) is 0 Å². The second-order valence-corrected chi connectivity index (χ2v) is 5.84. The molecule has 0 heterocycles. The van der Waals surface area contributed by atoms with Crippen molar-refractivity contribution in [3.05, 3.63) is 0 Å². The molecule has 0 aliphatic heterocycles. The van der Waals surface area contributed by atoms with Crippen LogP contribution in [-0.4, -0.2) is 34.0 Å². The van der Waals surface area contributed by atoms with Crippen LogP contribution in [0.5, 0.6) is 0 Å². The molecule has 0 spiro atoms. The van der Waals surface area contributed by atoms with Crippen molar-refractivity contribution in [1.29, 1.82) is 0 Å². The molecule has 0 aromatic heterocycles. The first-order valence-corrected chi connectivity index (χ1v) is 6.10. The van der Waals surface area contributed by atoms with E-state index in [2.05, 4.69) is 0 Å². The second kappa shape index (κ2) is 6.03. The number of hydrogen-bond donors (Lipinski definition) is 1. The lowest BCUT2D eigenvalue weighted by atomic mass is 9.94. The number of carbonyl (C=O) groups is 2. The van der Waals surface area contributed by atoms with Crippen molar-refractivity contribution in [2.24, 2.45) is 11.8 Å². The molecule has 0 saturated heterocycles. The summed E-state index contributed by atoms with van der Waals surface area (Å²) in [7, 11) is 0. The Morgan fingerprint density at radius 1 is 1.18 bits per heavy atom. The van der Waals surface area contributed by atoms with Crippen molar-refractivity contribution in [2.45, 2.75) is 53.5 Å². The third-order valence-electron chi connectivity index (χ3n) is 3.01. The molecule has 100 valence electrons. The van der Waals surface area contributed by atoms with Gasteiger partial charge in [-0.15, -0.1) is 0 Å². The predicted octanol–water partition coefficient (Wildman–Crippen LogP) is 2.38. The molecule has 0 aromatic carbocycles. The van der Waals surface area contributed by atoms with Crippen LogP contribution in [0.4, 0.5) is 0 Å². The maximum absolute atomic E-state index is 12.3. The third kappa shape index (κ3) is 5.20. The van der Waals surface area contributed by atoms with E-state index in [9.17, 15) is 9.59 Å². The van der Waals surface area contributed by atoms with Crippen LogP contribution in [0.2, 0.25) is 0 Å². The first kappa shape index (κ1) is 15.9. The van der Waals surface area contributed by atoms with Crippen molar-refractivity contribution < 1.29 is 14.7 Å². The number of amides is 1. The largest absolute Gasteiger partial charge is 0.481 e. The molecule has 1 unspecified atom stereocenters. The minimum absolute atomic E-state index is 0.00613. The fraction of sp³-hybridized carbons (Fsp3) is 0.846. The number of carboxylic acid groups (broad SMARTS) is 1. The Labute approximate surface area is 104 Å². The van der Waals surface area contributed by atoms with Gasteiger partial charge in [0.05, 0.1) is 6.42 Å². The summed E-state index contributed by atoms with van der Waals surface area (Å²) in [6.07, 6.45) is -0.00613. The van der Waals surface area contributed by atoms with Gasteiger partial charge >= 0.3 is 5.97 Å². The Morgan fingerprint density at radius 3 is 1.94 bits per heavy atom. The zero-order valence-electron chi connectivity index (χ0n) is 11.8. The van der Waals surface area contributed by atoms with Gasteiger partial charge in [0.25, 0.3) is 0 Å². The maximum Gasteiger partial charge on any atom is 0.305 e. The van der Waals surface area contributed by atoms with Crippen LogP contribution in [0, 0.1) is 11.8 Å². The van der Waals surface area contributed by atoms with E-state index in [1.54, 1.807) is 4.90 Å². The molecule has 1 atom stereocenters. The van der Waals surface area contributed by atoms with E-state index in [1.807, 2.05) is 41.5 Å². The summed E-state index contributed by atoms with van der Waals surface area (Å²) in [5.74, 6) is -0.654. The SMILES string of the molecule is CC(C)C(C)C(=O)N(CCC(=O)O)C(C)(C)C. The van der Waals surface area contributed by atoms with E-state index in [-0.39, 0.29) is 36.2 Å². The average Bonchev–Trinajstić information content (AvgIpc) is 2.13. The molecule has 0 bridgehead atoms. The lowest BCUT2D eigenvalue weighted by Gasteiger charge is -2.38. The van der Waals surface area contributed by atoms with Crippen molar-refractivity contribution in [2.75, 3.05) is 6.54 Å². The van der Waals surface area contributed by atoms with Crippen LogP contribution < -0.4 is 0 Å². The van der Waals surface area contributed by atoms with E-state index >= 15 is 0 Å². The van der Waals surface area contributed by atoms with Gasteiger partial charge in [0.1, 0.15) is 0 Å². The van der Waals surface area contributed by atoms with Gasteiger partial charge in [0, 0.05) is 18.0 Å². The summed E-state index contributed by atoms with van der Waals surface area (Å²) in [5.41, 5.74) is -0.338. The van der Waals surface area contributed by atoms with E-state index in [1.165, 1.54) is 0 Å². The quantitative estimate of drug-likeness (QED) is 0.806. The molecule has 0 radical (unpaired) electrons. The smallest absolute Gasteiger partial charge is 0.305 e. The lowest BCUT2D eigenvalue weighted by Crippen LogP contribution is -2.49. The van der Waals surface area contributed by atoms with Gasteiger partial charge in [-0.2, -0.15) is 0 Å². The molecule has 1 amide bonds. The number of hydrogen-bond acceptors (Lipinski definition) is 2. The van der Waals surface area contributed by atoms with Crippen LogP contribution in [0.1, 0.15) is 48.0 Å². The van der Waals surface area contributed by atoms with Crippen molar-refractivity contribution in [1.82, 2.24) is 4.90 Å². The van der Waals surface area contributed by atoms with E-state index in [0.717, 1.165) is 0 Å². The molecule has 0 aromatic rings. The van der Waals surface area contributed by atoms with Crippen LogP contribution in [0.25, 0.3) is 0 Å². The maximum atomic E-state index is 12.3. The molecular weight excluding hydrogens is 218 g/mol. The van der Waals surface area contributed by atoms with Gasteiger partial charge in [-0.3, -0.25) is 9.59 Å². The number of carboxylic acids is 1. The van der Waals surface area contributed by atoms with Crippen LogP contribution >= 0.6 is 0 Å². The fourth-order valence-electron chi connectivity index (χ4n) is 1.51. The molecule has 0 rings (SSSR count). The van der Waals surface area contributed by atoms with Crippen LogP contribution in [-0.2, 0) is 9.59 Å². The Bertz CT molecular complexity index is 279. The highest BCUT2D eigenvalue weighted by Gasteiger charge is 2.30. The molecule has 0 saturated carbocycles. The molecule has 0 fully saturated rings. The van der Waals surface area contributed by atoms with Gasteiger partial charge in [-0.05, 0) is 26.7 Å². The van der Waals surface area contributed by atoms with Gasteiger partial charge in [-0.1, -0.05) is 20.8 Å². The Kier molecular flexibility index (Phi) is 5.66. The molecule has 1 N–H and O–H groups in total. The highest BCUT2D eigenvalue weighted by molar-refractivity contribution is 5.80. The Hall–Kier alpha value is -1.06. The number of carbonyl (C=O) groups excluding carboxylic acids is 1.